The molecule has 0 saturated heterocycles. The predicted octanol–water partition coefficient (Wildman–Crippen LogP) is 4.14. The summed E-state index contributed by atoms with van der Waals surface area (Å²) in [4.78, 5) is 22.7. The minimum absolute atomic E-state index is 0.0250. The fourth-order valence-electron chi connectivity index (χ4n) is 2.24. The Bertz CT molecular complexity index is 639. The molecule has 0 fully saturated rings. The molecule has 23 heavy (non-hydrogen) atoms. The van der Waals surface area contributed by atoms with E-state index in [0.717, 1.165) is 31.6 Å². The Morgan fingerprint density at radius 2 is 1.83 bits per heavy atom. The first kappa shape index (κ1) is 17.2. The van der Waals surface area contributed by atoms with E-state index < -0.39 is 0 Å². The highest BCUT2D eigenvalue weighted by molar-refractivity contribution is 6.30. The van der Waals surface area contributed by atoms with Crippen LogP contribution in [0.3, 0.4) is 0 Å². The van der Waals surface area contributed by atoms with Gasteiger partial charge in [0.05, 0.1) is 5.56 Å². The monoisotopic (exact) mass is 332 g/mol. The molecule has 0 aliphatic rings. The summed E-state index contributed by atoms with van der Waals surface area (Å²) in [6.45, 7) is 5.61. The average Bonchev–Trinajstić information content (AvgIpc) is 2.55. The van der Waals surface area contributed by atoms with Gasteiger partial charge in [-0.1, -0.05) is 31.5 Å². The van der Waals surface area contributed by atoms with Crippen LogP contribution in [-0.4, -0.2) is 33.9 Å². The first-order chi connectivity index (χ1) is 11.1. The average molecular weight is 333 g/mol. The van der Waals surface area contributed by atoms with Crippen molar-refractivity contribution in [3.05, 3.63) is 47.2 Å². The van der Waals surface area contributed by atoms with Crippen molar-refractivity contribution in [1.29, 1.82) is 0 Å². The van der Waals surface area contributed by atoms with Gasteiger partial charge in [-0.05, 0) is 31.0 Å². The van der Waals surface area contributed by atoms with Gasteiger partial charge in [0.2, 0.25) is 5.95 Å². The van der Waals surface area contributed by atoms with E-state index in [1.807, 2.05) is 17.0 Å². The van der Waals surface area contributed by atoms with Crippen LogP contribution in [-0.2, 0) is 0 Å². The van der Waals surface area contributed by atoms with Crippen molar-refractivity contribution >= 4 is 29.1 Å². The Morgan fingerprint density at radius 3 is 2.39 bits per heavy atom. The van der Waals surface area contributed by atoms with Gasteiger partial charge in [-0.3, -0.25) is 4.79 Å². The highest BCUT2D eigenvalue weighted by Gasteiger charge is 2.15. The van der Waals surface area contributed by atoms with Gasteiger partial charge in [-0.15, -0.1) is 0 Å². The zero-order valence-electron chi connectivity index (χ0n) is 13.4. The third kappa shape index (κ3) is 4.93. The second-order valence-corrected chi connectivity index (χ2v) is 5.66. The molecule has 1 N–H and O–H groups in total. The summed E-state index contributed by atoms with van der Waals surface area (Å²) in [6, 6.07) is 7.30. The Labute approximate surface area is 141 Å². The zero-order valence-corrected chi connectivity index (χ0v) is 14.2. The lowest BCUT2D eigenvalue weighted by atomic mass is 10.2. The number of carbonyl (C=O) groups excluding carboxylic acids is 1. The Balaban J connectivity index is 2.07. The van der Waals surface area contributed by atoms with E-state index >= 15 is 0 Å². The van der Waals surface area contributed by atoms with Crippen LogP contribution in [0.2, 0.25) is 5.02 Å². The van der Waals surface area contributed by atoms with E-state index in [9.17, 15) is 4.79 Å². The van der Waals surface area contributed by atoms with Gasteiger partial charge in [-0.25, -0.2) is 9.97 Å². The summed E-state index contributed by atoms with van der Waals surface area (Å²) in [5.41, 5.74) is 1.30. The summed E-state index contributed by atoms with van der Waals surface area (Å²) in [7, 11) is 0. The smallest absolute Gasteiger partial charge is 0.256 e. The number of amides is 1. The standard InChI is InChI=1S/C17H21ClN4O/c1-3-8-22(9-4-2)16(23)13-11-19-17(20-12-13)21-15-7-5-6-14(18)10-15/h5-7,10-12H,3-4,8-9H2,1-2H3,(H,19,20,21). The van der Waals surface area contributed by atoms with Crippen LogP contribution in [0, 0.1) is 0 Å². The number of carbonyl (C=O) groups is 1. The molecule has 2 rings (SSSR count). The van der Waals surface area contributed by atoms with Crippen molar-refractivity contribution in [2.45, 2.75) is 26.7 Å². The van der Waals surface area contributed by atoms with Crippen LogP contribution in [0.5, 0.6) is 0 Å². The predicted molar refractivity (Wildman–Crippen MR) is 93.3 cm³/mol. The van der Waals surface area contributed by atoms with E-state index in [0.29, 0.717) is 16.5 Å². The molecule has 0 bridgehead atoms. The van der Waals surface area contributed by atoms with Gasteiger partial charge in [0.15, 0.2) is 0 Å². The minimum atomic E-state index is -0.0250. The van der Waals surface area contributed by atoms with Crippen LogP contribution in [0.1, 0.15) is 37.0 Å². The maximum absolute atomic E-state index is 12.4. The molecule has 0 saturated carbocycles. The molecule has 0 aliphatic heterocycles. The van der Waals surface area contributed by atoms with Crippen LogP contribution in [0.25, 0.3) is 0 Å². The van der Waals surface area contributed by atoms with Crippen LogP contribution in [0.4, 0.5) is 11.6 Å². The van der Waals surface area contributed by atoms with Crippen molar-refractivity contribution in [3.63, 3.8) is 0 Å². The van der Waals surface area contributed by atoms with Crippen molar-refractivity contribution in [3.8, 4) is 0 Å². The third-order valence-corrected chi connectivity index (χ3v) is 3.49. The lowest BCUT2D eigenvalue weighted by molar-refractivity contribution is 0.0755. The highest BCUT2D eigenvalue weighted by atomic mass is 35.5. The lowest BCUT2D eigenvalue weighted by Crippen LogP contribution is -2.32. The lowest BCUT2D eigenvalue weighted by Gasteiger charge is -2.21. The molecule has 0 unspecified atom stereocenters. The van der Waals surface area contributed by atoms with E-state index in [1.54, 1.807) is 24.5 Å². The molecule has 0 atom stereocenters. The molecule has 1 aromatic carbocycles. The van der Waals surface area contributed by atoms with Gasteiger partial charge in [0.25, 0.3) is 5.91 Å². The van der Waals surface area contributed by atoms with Crippen molar-refractivity contribution < 1.29 is 4.79 Å². The maximum Gasteiger partial charge on any atom is 0.256 e. The molecule has 0 radical (unpaired) electrons. The minimum Gasteiger partial charge on any atom is -0.339 e. The number of nitrogens with zero attached hydrogens (tertiary/aromatic N) is 3. The molecule has 2 aromatic rings. The highest BCUT2D eigenvalue weighted by Crippen LogP contribution is 2.17. The summed E-state index contributed by atoms with van der Waals surface area (Å²) >= 11 is 5.94. The fraction of sp³-hybridized carbons (Fsp3) is 0.353. The van der Waals surface area contributed by atoms with Gasteiger partial charge >= 0.3 is 0 Å². The Hall–Kier alpha value is -2.14. The van der Waals surface area contributed by atoms with Gasteiger partial charge in [0, 0.05) is 36.2 Å². The first-order valence-electron chi connectivity index (χ1n) is 7.78. The first-order valence-corrected chi connectivity index (χ1v) is 8.15. The zero-order chi connectivity index (χ0) is 16.7. The normalized spacial score (nSPS) is 10.4. The van der Waals surface area contributed by atoms with Gasteiger partial charge in [-0.2, -0.15) is 0 Å². The molecular formula is C17H21ClN4O. The quantitative estimate of drug-likeness (QED) is 0.828. The SMILES string of the molecule is CCCN(CCC)C(=O)c1cnc(Nc2cccc(Cl)c2)nc1. The van der Waals surface area contributed by atoms with Crippen LogP contribution in [0.15, 0.2) is 36.7 Å². The summed E-state index contributed by atoms with van der Waals surface area (Å²) in [5, 5.41) is 3.69. The second kappa shape index (κ2) is 8.48. The Morgan fingerprint density at radius 1 is 1.17 bits per heavy atom. The summed E-state index contributed by atoms with van der Waals surface area (Å²) in [5.74, 6) is 0.407. The van der Waals surface area contributed by atoms with E-state index in [2.05, 4.69) is 29.1 Å². The molecule has 5 nitrogen and oxygen atoms in total. The van der Waals surface area contributed by atoms with E-state index in [4.69, 9.17) is 11.6 Å². The second-order valence-electron chi connectivity index (χ2n) is 5.22. The van der Waals surface area contributed by atoms with Gasteiger partial charge < -0.3 is 10.2 Å². The number of halogens is 1. The third-order valence-electron chi connectivity index (χ3n) is 3.25. The largest absolute Gasteiger partial charge is 0.339 e. The van der Waals surface area contributed by atoms with Crippen molar-refractivity contribution in [1.82, 2.24) is 14.9 Å². The van der Waals surface area contributed by atoms with Crippen molar-refractivity contribution in [2.24, 2.45) is 0 Å². The molecule has 0 aliphatic carbocycles. The molecular weight excluding hydrogens is 312 g/mol. The number of rotatable bonds is 7. The molecule has 1 aromatic heterocycles. The number of anilines is 2. The number of benzene rings is 1. The van der Waals surface area contributed by atoms with Gasteiger partial charge in [0.1, 0.15) is 0 Å². The molecule has 0 spiro atoms. The molecule has 6 heteroatoms. The molecule has 122 valence electrons. The fourth-order valence-corrected chi connectivity index (χ4v) is 2.43. The number of hydrogen-bond acceptors (Lipinski definition) is 4. The number of nitrogens with one attached hydrogen (secondary N) is 1. The van der Waals surface area contributed by atoms with E-state index in [1.165, 1.54) is 0 Å². The van der Waals surface area contributed by atoms with Crippen molar-refractivity contribution in [2.75, 3.05) is 18.4 Å². The Kier molecular flexibility index (Phi) is 6.35. The van der Waals surface area contributed by atoms with Crippen LogP contribution >= 0.6 is 11.6 Å². The molecule has 1 heterocycles. The topological polar surface area (TPSA) is 58.1 Å². The number of aromatic nitrogens is 2. The summed E-state index contributed by atoms with van der Waals surface area (Å²) in [6.07, 6.45) is 4.98. The summed E-state index contributed by atoms with van der Waals surface area (Å²) < 4.78 is 0. The number of hydrogen-bond donors (Lipinski definition) is 1. The maximum atomic E-state index is 12.4. The van der Waals surface area contributed by atoms with E-state index in [-0.39, 0.29) is 5.91 Å². The van der Waals surface area contributed by atoms with Crippen LogP contribution < -0.4 is 5.32 Å². The molecule has 1 amide bonds.